The van der Waals surface area contributed by atoms with E-state index in [0.29, 0.717) is 42.6 Å². The molecule has 1 saturated heterocycles. The Kier molecular flexibility index (Phi) is 5.91. The highest BCUT2D eigenvalue weighted by atomic mass is 35.5. The zero-order valence-electron chi connectivity index (χ0n) is 12.3. The normalized spacial score (nSPS) is 15.5. The minimum atomic E-state index is -0.338. The van der Waals surface area contributed by atoms with Crippen molar-refractivity contribution in [2.75, 3.05) is 26.3 Å². The Hall–Kier alpha value is -1.92. The van der Waals surface area contributed by atoms with E-state index in [1.807, 2.05) is 0 Å². The summed E-state index contributed by atoms with van der Waals surface area (Å²) in [7, 11) is 0. The summed E-state index contributed by atoms with van der Waals surface area (Å²) in [5, 5.41) is 4.53. The number of hydrogen-bond donors (Lipinski definition) is 1. The van der Waals surface area contributed by atoms with Crippen molar-refractivity contribution in [3.05, 3.63) is 34.9 Å². The molecule has 2 amide bonds. The van der Waals surface area contributed by atoms with Crippen LogP contribution in [0.15, 0.2) is 29.4 Å². The van der Waals surface area contributed by atoms with Crippen molar-refractivity contribution < 1.29 is 14.3 Å². The Morgan fingerprint density at radius 2 is 1.91 bits per heavy atom. The lowest BCUT2D eigenvalue weighted by molar-refractivity contribution is -0.133. The molecule has 1 aliphatic rings. The average Bonchev–Trinajstić information content (AvgIpc) is 2.54. The fourth-order valence-corrected chi connectivity index (χ4v) is 2.12. The topological polar surface area (TPSA) is 71.0 Å². The van der Waals surface area contributed by atoms with Crippen molar-refractivity contribution >= 4 is 29.1 Å². The lowest BCUT2D eigenvalue weighted by Crippen LogP contribution is -2.41. The van der Waals surface area contributed by atoms with Gasteiger partial charge in [-0.1, -0.05) is 11.6 Å². The second-order valence-electron chi connectivity index (χ2n) is 4.96. The quantitative estimate of drug-likeness (QED) is 0.677. The van der Waals surface area contributed by atoms with E-state index in [1.165, 1.54) is 0 Å². The van der Waals surface area contributed by atoms with Crippen LogP contribution in [0.3, 0.4) is 0 Å². The van der Waals surface area contributed by atoms with E-state index in [0.717, 1.165) is 0 Å². The third kappa shape index (κ3) is 4.82. The van der Waals surface area contributed by atoms with Gasteiger partial charge in [0, 0.05) is 29.4 Å². The van der Waals surface area contributed by atoms with Crippen molar-refractivity contribution in [3.63, 3.8) is 0 Å². The molecule has 0 aliphatic carbocycles. The van der Waals surface area contributed by atoms with Gasteiger partial charge in [0.25, 0.3) is 5.91 Å². The monoisotopic (exact) mass is 323 g/mol. The summed E-state index contributed by atoms with van der Waals surface area (Å²) >= 11 is 5.76. The van der Waals surface area contributed by atoms with Crippen LogP contribution in [0.25, 0.3) is 0 Å². The zero-order valence-corrected chi connectivity index (χ0v) is 13.1. The number of rotatable bonds is 4. The van der Waals surface area contributed by atoms with Gasteiger partial charge in [-0.05, 0) is 31.2 Å². The van der Waals surface area contributed by atoms with Crippen molar-refractivity contribution in [2.24, 2.45) is 5.10 Å². The second-order valence-corrected chi connectivity index (χ2v) is 5.40. The number of ether oxygens (including phenoxy) is 1. The summed E-state index contributed by atoms with van der Waals surface area (Å²) in [4.78, 5) is 25.6. The highest BCUT2D eigenvalue weighted by molar-refractivity contribution is 6.30. The average molecular weight is 324 g/mol. The molecule has 1 aromatic carbocycles. The Balaban J connectivity index is 1.85. The van der Waals surface area contributed by atoms with Crippen LogP contribution in [-0.4, -0.2) is 48.7 Å². The van der Waals surface area contributed by atoms with E-state index < -0.39 is 0 Å². The summed E-state index contributed by atoms with van der Waals surface area (Å²) < 4.78 is 5.20. The fraction of sp³-hybridized carbons (Fsp3) is 0.400. The summed E-state index contributed by atoms with van der Waals surface area (Å²) in [5.41, 5.74) is 3.45. The number of benzene rings is 1. The van der Waals surface area contributed by atoms with Crippen molar-refractivity contribution in [3.8, 4) is 0 Å². The summed E-state index contributed by atoms with van der Waals surface area (Å²) in [5.74, 6) is -0.347. The molecule has 0 unspecified atom stereocenters. The number of carbonyl (C=O) groups is 2. The molecule has 1 aromatic rings. The van der Waals surface area contributed by atoms with Crippen LogP contribution in [0.4, 0.5) is 0 Å². The van der Waals surface area contributed by atoms with Gasteiger partial charge < -0.3 is 9.64 Å². The maximum Gasteiger partial charge on any atom is 0.271 e. The maximum absolute atomic E-state index is 12.0. The summed E-state index contributed by atoms with van der Waals surface area (Å²) in [6, 6.07) is 6.49. The summed E-state index contributed by atoms with van der Waals surface area (Å²) in [6.45, 7) is 4.04. The van der Waals surface area contributed by atoms with Gasteiger partial charge in [-0.25, -0.2) is 5.43 Å². The lowest BCUT2D eigenvalue weighted by atomic mass is 10.2. The molecule has 0 saturated carbocycles. The van der Waals surface area contributed by atoms with E-state index in [1.54, 1.807) is 36.1 Å². The first kappa shape index (κ1) is 16.5. The minimum absolute atomic E-state index is 0.00899. The van der Waals surface area contributed by atoms with Gasteiger partial charge >= 0.3 is 0 Å². The van der Waals surface area contributed by atoms with Crippen LogP contribution in [0.1, 0.15) is 23.7 Å². The number of nitrogens with zero attached hydrogens (tertiary/aromatic N) is 2. The molecular weight excluding hydrogens is 306 g/mol. The highest BCUT2D eigenvalue weighted by Gasteiger charge is 2.17. The SMILES string of the molecule is CC(CC(=O)N1CCOCC1)=NNC(=O)c1ccc(Cl)cc1. The molecule has 1 fully saturated rings. The van der Waals surface area contributed by atoms with Crippen molar-refractivity contribution in [2.45, 2.75) is 13.3 Å². The molecule has 1 N–H and O–H groups in total. The Morgan fingerprint density at radius 1 is 1.27 bits per heavy atom. The molecule has 1 aliphatic heterocycles. The zero-order chi connectivity index (χ0) is 15.9. The first-order valence-corrected chi connectivity index (χ1v) is 7.38. The molecule has 6 nitrogen and oxygen atoms in total. The number of nitrogens with one attached hydrogen (secondary N) is 1. The van der Waals surface area contributed by atoms with Gasteiger partial charge in [-0.3, -0.25) is 9.59 Å². The smallest absolute Gasteiger partial charge is 0.271 e. The van der Waals surface area contributed by atoms with Crippen molar-refractivity contribution in [1.82, 2.24) is 10.3 Å². The molecule has 2 rings (SSSR count). The Morgan fingerprint density at radius 3 is 2.55 bits per heavy atom. The van der Waals surface area contributed by atoms with Crippen LogP contribution in [0.5, 0.6) is 0 Å². The first-order chi connectivity index (χ1) is 10.6. The largest absolute Gasteiger partial charge is 0.378 e. The number of morpholine rings is 1. The van der Waals surface area contributed by atoms with Crippen LogP contribution < -0.4 is 5.43 Å². The van der Waals surface area contributed by atoms with Gasteiger partial charge in [-0.2, -0.15) is 5.10 Å². The Bertz CT molecular complexity index is 566. The molecule has 22 heavy (non-hydrogen) atoms. The second kappa shape index (κ2) is 7.91. The molecule has 1 heterocycles. The minimum Gasteiger partial charge on any atom is -0.378 e. The van der Waals surface area contributed by atoms with Gasteiger partial charge in [0.05, 0.1) is 19.6 Å². The maximum atomic E-state index is 12.0. The number of halogens is 1. The van der Waals surface area contributed by atoms with Gasteiger partial charge in [-0.15, -0.1) is 0 Å². The molecule has 0 radical (unpaired) electrons. The number of hydrogen-bond acceptors (Lipinski definition) is 4. The van der Waals surface area contributed by atoms with Gasteiger partial charge in [0.15, 0.2) is 0 Å². The van der Waals surface area contributed by atoms with Gasteiger partial charge in [0.2, 0.25) is 5.91 Å². The van der Waals surface area contributed by atoms with Crippen LogP contribution in [-0.2, 0) is 9.53 Å². The molecule has 0 aromatic heterocycles. The molecule has 0 bridgehead atoms. The molecule has 118 valence electrons. The fourth-order valence-electron chi connectivity index (χ4n) is 1.99. The molecular formula is C15H18ClN3O3. The Labute approximate surface area is 134 Å². The summed E-state index contributed by atoms with van der Waals surface area (Å²) in [6.07, 6.45) is 0.181. The van der Waals surface area contributed by atoms with E-state index in [4.69, 9.17) is 16.3 Å². The predicted octanol–water partition coefficient (Wildman–Crippen LogP) is 1.69. The third-order valence-electron chi connectivity index (χ3n) is 3.23. The molecule has 0 atom stereocenters. The molecule has 7 heteroatoms. The van der Waals surface area contributed by atoms with E-state index in [2.05, 4.69) is 10.5 Å². The first-order valence-electron chi connectivity index (χ1n) is 7.01. The number of carbonyl (C=O) groups excluding carboxylic acids is 2. The number of amides is 2. The predicted molar refractivity (Wildman–Crippen MR) is 84.0 cm³/mol. The van der Waals surface area contributed by atoms with Crippen molar-refractivity contribution in [1.29, 1.82) is 0 Å². The van der Waals surface area contributed by atoms with Crippen LogP contribution in [0, 0.1) is 0 Å². The van der Waals surface area contributed by atoms with Crippen LogP contribution in [0.2, 0.25) is 5.02 Å². The van der Waals surface area contributed by atoms with E-state index in [-0.39, 0.29) is 18.2 Å². The molecule has 0 spiro atoms. The highest BCUT2D eigenvalue weighted by Crippen LogP contribution is 2.09. The van der Waals surface area contributed by atoms with E-state index in [9.17, 15) is 9.59 Å². The van der Waals surface area contributed by atoms with Crippen LogP contribution >= 0.6 is 11.6 Å². The number of hydrazone groups is 1. The lowest BCUT2D eigenvalue weighted by Gasteiger charge is -2.26. The van der Waals surface area contributed by atoms with Gasteiger partial charge in [0.1, 0.15) is 0 Å². The standard InChI is InChI=1S/C15H18ClN3O3/c1-11(10-14(20)19-6-8-22-9-7-19)17-18-15(21)12-2-4-13(16)5-3-12/h2-5H,6-10H2,1H3,(H,18,21). The van der Waals surface area contributed by atoms with E-state index >= 15 is 0 Å². The third-order valence-corrected chi connectivity index (χ3v) is 3.48.